The lowest BCUT2D eigenvalue weighted by Gasteiger charge is -2.43. The molecule has 0 fully saturated rings. The highest BCUT2D eigenvalue weighted by Crippen LogP contribution is 2.43. The molecule has 0 aliphatic heterocycles. The van der Waals surface area contributed by atoms with Crippen LogP contribution < -0.4 is 0 Å². The molecule has 0 N–H and O–H groups in total. The Kier molecular flexibility index (Phi) is 3.77. The van der Waals surface area contributed by atoms with Crippen molar-refractivity contribution in [1.82, 2.24) is 0 Å². The van der Waals surface area contributed by atoms with E-state index in [1.54, 1.807) is 0 Å². The molecule has 2 rings (SSSR count). The number of benzene rings is 2. The minimum atomic E-state index is 0.0793. The average molecular weight is 266 g/mol. The number of rotatable bonds is 3. The first kappa shape index (κ1) is 14.8. The quantitative estimate of drug-likeness (QED) is 0.682. The molecule has 0 aliphatic rings. The minimum Gasteiger partial charge on any atom is -0.0590 e. The lowest BCUT2D eigenvalue weighted by atomic mass is 9.61. The minimum absolute atomic E-state index is 0.0793. The van der Waals surface area contributed by atoms with Gasteiger partial charge in [-0.05, 0) is 35.8 Å². The van der Waals surface area contributed by atoms with Gasteiger partial charge in [-0.15, -0.1) is 0 Å². The van der Waals surface area contributed by atoms with Crippen LogP contribution in [-0.2, 0) is 10.8 Å². The molecule has 0 amide bonds. The molecule has 20 heavy (non-hydrogen) atoms. The summed E-state index contributed by atoms with van der Waals surface area (Å²) in [6.07, 6.45) is 0. The SMILES string of the molecule is Cc1ccc(C(C)(C)C(C)(C)c2ccc(C)cc2)cc1. The van der Waals surface area contributed by atoms with Gasteiger partial charge < -0.3 is 0 Å². The Balaban J connectivity index is 2.45. The van der Waals surface area contributed by atoms with Crippen molar-refractivity contribution >= 4 is 0 Å². The predicted molar refractivity (Wildman–Crippen MR) is 88.4 cm³/mol. The molecule has 0 aliphatic carbocycles. The van der Waals surface area contributed by atoms with Crippen LogP contribution >= 0.6 is 0 Å². The van der Waals surface area contributed by atoms with Gasteiger partial charge in [-0.3, -0.25) is 0 Å². The Labute approximate surface area is 123 Å². The van der Waals surface area contributed by atoms with Crippen LogP contribution in [0.3, 0.4) is 0 Å². The highest BCUT2D eigenvalue weighted by molar-refractivity contribution is 5.38. The van der Waals surface area contributed by atoms with Gasteiger partial charge in [-0.25, -0.2) is 0 Å². The molecule has 0 spiro atoms. The standard InChI is InChI=1S/C20H26/c1-15-7-11-17(12-8-15)19(3,4)20(5,6)18-13-9-16(2)10-14-18/h7-14H,1-6H3. The van der Waals surface area contributed by atoms with E-state index in [9.17, 15) is 0 Å². The van der Waals surface area contributed by atoms with E-state index in [0.717, 1.165) is 0 Å². The van der Waals surface area contributed by atoms with Crippen LogP contribution in [0, 0.1) is 13.8 Å². The van der Waals surface area contributed by atoms with E-state index in [-0.39, 0.29) is 10.8 Å². The van der Waals surface area contributed by atoms with Gasteiger partial charge in [0.05, 0.1) is 0 Å². The Bertz CT molecular complexity index is 513. The summed E-state index contributed by atoms with van der Waals surface area (Å²) in [5, 5.41) is 0. The summed E-state index contributed by atoms with van der Waals surface area (Å²) in [5.41, 5.74) is 5.59. The maximum absolute atomic E-state index is 2.34. The fourth-order valence-electron chi connectivity index (χ4n) is 2.66. The summed E-state index contributed by atoms with van der Waals surface area (Å²) in [4.78, 5) is 0. The zero-order valence-corrected chi connectivity index (χ0v) is 13.6. The summed E-state index contributed by atoms with van der Waals surface area (Å²) in [6.45, 7) is 13.7. The molecule has 0 nitrogen and oxygen atoms in total. The van der Waals surface area contributed by atoms with Crippen molar-refractivity contribution in [2.45, 2.75) is 52.4 Å². The van der Waals surface area contributed by atoms with Crippen LogP contribution in [0.15, 0.2) is 48.5 Å². The largest absolute Gasteiger partial charge is 0.0590 e. The second-order valence-corrected chi connectivity index (χ2v) is 6.98. The zero-order valence-electron chi connectivity index (χ0n) is 13.6. The number of hydrogen-bond donors (Lipinski definition) is 0. The van der Waals surface area contributed by atoms with Crippen molar-refractivity contribution in [2.75, 3.05) is 0 Å². The topological polar surface area (TPSA) is 0 Å². The number of aryl methyl sites for hydroxylation is 2. The molecule has 0 aromatic heterocycles. The van der Waals surface area contributed by atoms with Gasteiger partial charge >= 0.3 is 0 Å². The molecule has 0 atom stereocenters. The summed E-state index contributed by atoms with van der Waals surface area (Å²) >= 11 is 0. The molecular weight excluding hydrogens is 240 g/mol. The van der Waals surface area contributed by atoms with Gasteiger partial charge in [0.15, 0.2) is 0 Å². The van der Waals surface area contributed by atoms with Crippen LogP contribution in [-0.4, -0.2) is 0 Å². The van der Waals surface area contributed by atoms with Crippen molar-refractivity contribution in [3.05, 3.63) is 70.8 Å². The molecule has 0 radical (unpaired) electrons. The van der Waals surface area contributed by atoms with Gasteiger partial charge in [-0.2, -0.15) is 0 Å². The maximum atomic E-state index is 2.34. The van der Waals surface area contributed by atoms with E-state index in [1.165, 1.54) is 22.3 Å². The summed E-state index contributed by atoms with van der Waals surface area (Å²) in [7, 11) is 0. The van der Waals surface area contributed by atoms with Crippen molar-refractivity contribution in [3.8, 4) is 0 Å². The monoisotopic (exact) mass is 266 g/mol. The normalized spacial score (nSPS) is 12.5. The van der Waals surface area contributed by atoms with E-state index in [2.05, 4.69) is 90.1 Å². The third-order valence-electron chi connectivity index (χ3n) is 5.11. The fourth-order valence-corrected chi connectivity index (χ4v) is 2.66. The van der Waals surface area contributed by atoms with Crippen LogP contribution in [0.5, 0.6) is 0 Å². The summed E-state index contributed by atoms with van der Waals surface area (Å²) < 4.78 is 0. The summed E-state index contributed by atoms with van der Waals surface area (Å²) in [6, 6.07) is 17.9. The van der Waals surface area contributed by atoms with Crippen molar-refractivity contribution in [2.24, 2.45) is 0 Å². The van der Waals surface area contributed by atoms with Crippen LogP contribution in [0.25, 0.3) is 0 Å². The number of hydrogen-bond acceptors (Lipinski definition) is 0. The molecule has 2 aromatic rings. The third kappa shape index (κ3) is 2.52. The van der Waals surface area contributed by atoms with E-state index >= 15 is 0 Å². The van der Waals surface area contributed by atoms with E-state index in [1.807, 2.05) is 0 Å². The molecular formula is C20H26. The third-order valence-corrected chi connectivity index (χ3v) is 5.11. The van der Waals surface area contributed by atoms with Gasteiger partial charge in [0.1, 0.15) is 0 Å². The first-order valence-corrected chi connectivity index (χ1v) is 7.39. The summed E-state index contributed by atoms with van der Waals surface area (Å²) in [5.74, 6) is 0. The van der Waals surface area contributed by atoms with E-state index < -0.39 is 0 Å². The van der Waals surface area contributed by atoms with Gasteiger partial charge in [-0.1, -0.05) is 87.4 Å². The predicted octanol–water partition coefficient (Wildman–Crippen LogP) is 5.56. The van der Waals surface area contributed by atoms with Crippen LogP contribution in [0.4, 0.5) is 0 Å². The Hall–Kier alpha value is -1.56. The van der Waals surface area contributed by atoms with Gasteiger partial charge in [0.25, 0.3) is 0 Å². The van der Waals surface area contributed by atoms with Gasteiger partial charge in [0.2, 0.25) is 0 Å². The first-order chi connectivity index (χ1) is 9.25. The first-order valence-electron chi connectivity index (χ1n) is 7.39. The Morgan fingerprint density at radius 1 is 0.500 bits per heavy atom. The van der Waals surface area contributed by atoms with E-state index in [4.69, 9.17) is 0 Å². The second-order valence-electron chi connectivity index (χ2n) is 6.98. The molecule has 0 bridgehead atoms. The Morgan fingerprint density at radius 2 is 0.750 bits per heavy atom. The Morgan fingerprint density at radius 3 is 1.00 bits per heavy atom. The molecule has 106 valence electrons. The van der Waals surface area contributed by atoms with Crippen LogP contribution in [0.1, 0.15) is 49.9 Å². The fraction of sp³-hybridized carbons (Fsp3) is 0.400. The zero-order chi connectivity index (χ0) is 15.0. The molecule has 0 unspecified atom stereocenters. The van der Waals surface area contributed by atoms with E-state index in [0.29, 0.717) is 0 Å². The lowest BCUT2D eigenvalue weighted by molar-refractivity contribution is 0.303. The molecule has 0 heterocycles. The van der Waals surface area contributed by atoms with Crippen molar-refractivity contribution in [1.29, 1.82) is 0 Å². The second kappa shape index (κ2) is 5.09. The van der Waals surface area contributed by atoms with Crippen molar-refractivity contribution in [3.63, 3.8) is 0 Å². The average Bonchev–Trinajstić information content (AvgIpc) is 2.39. The highest BCUT2D eigenvalue weighted by atomic mass is 14.4. The smallest absolute Gasteiger partial charge is 0.00120 e. The van der Waals surface area contributed by atoms with Gasteiger partial charge in [0, 0.05) is 0 Å². The van der Waals surface area contributed by atoms with Crippen molar-refractivity contribution < 1.29 is 0 Å². The van der Waals surface area contributed by atoms with Crippen LogP contribution in [0.2, 0.25) is 0 Å². The lowest BCUT2D eigenvalue weighted by Crippen LogP contribution is -2.40. The molecule has 2 aromatic carbocycles. The highest BCUT2D eigenvalue weighted by Gasteiger charge is 2.39. The molecule has 0 saturated carbocycles. The molecule has 0 saturated heterocycles. The maximum Gasteiger partial charge on any atom is -0.00120 e. The molecule has 0 heteroatoms.